The summed E-state index contributed by atoms with van der Waals surface area (Å²) in [5.41, 5.74) is 4.12. The van der Waals surface area contributed by atoms with E-state index in [1.54, 1.807) is 11.3 Å². The van der Waals surface area contributed by atoms with Crippen LogP contribution in [0.3, 0.4) is 0 Å². The molecule has 1 atom stereocenters. The Bertz CT molecular complexity index is 1120. The van der Waals surface area contributed by atoms with Crippen molar-refractivity contribution >= 4 is 33.0 Å². The van der Waals surface area contributed by atoms with Gasteiger partial charge in [-0.25, -0.2) is 9.50 Å². The van der Waals surface area contributed by atoms with Gasteiger partial charge in [-0.05, 0) is 32.0 Å². The Morgan fingerprint density at radius 3 is 2.76 bits per heavy atom. The van der Waals surface area contributed by atoms with Crippen molar-refractivity contribution in [3.05, 3.63) is 52.9 Å². The Labute approximate surface area is 177 Å². The van der Waals surface area contributed by atoms with Gasteiger partial charge in [0.2, 0.25) is 10.1 Å². The maximum Gasteiger partial charge on any atom is 0.214 e. The Morgan fingerprint density at radius 1 is 1.21 bits per heavy atom. The third kappa shape index (κ3) is 3.75. The first-order chi connectivity index (χ1) is 14.0. The predicted molar refractivity (Wildman–Crippen MR) is 115 cm³/mol. The zero-order valence-electron chi connectivity index (χ0n) is 16.2. The molecule has 1 aromatic carbocycles. The zero-order valence-corrected chi connectivity index (χ0v) is 17.8. The van der Waals surface area contributed by atoms with Gasteiger partial charge >= 0.3 is 0 Å². The molecule has 0 amide bonds. The molecule has 29 heavy (non-hydrogen) atoms. The number of hydrogen-bond acceptors (Lipinski definition) is 6. The molecule has 3 aromatic heterocycles. The van der Waals surface area contributed by atoms with Crippen LogP contribution in [0.25, 0.3) is 16.2 Å². The summed E-state index contributed by atoms with van der Waals surface area (Å²) in [4.78, 5) is 7.89. The highest BCUT2D eigenvalue weighted by Gasteiger charge is 2.25. The number of imidazole rings is 1. The van der Waals surface area contributed by atoms with Crippen LogP contribution in [0.4, 0.5) is 5.13 Å². The molecule has 0 spiro atoms. The van der Waals surface area contributed by atoms with Crippen LogP contribution in [0.2, 0.25) is 5.02 Å². The molecule has 7 nitrogen and oxygen atoms in total. The van der Waals surface area contributed by atoms with Crippen LogP contribution in [0.5, 0.6) is 0 Å². The molecule has 150 valence electrons. The molecular weight excluding hydrogens is 408 g/mol. The summed E-state index contributed by atoms with van der Waals surface area (Å²) in [5.74, 6) is 0. The van der Waals surface area contributed by atoms with Crippen LogP contribution >= 0.6 is 22.9 Å². The van der Waals surface area contributed by atoms with Crippen LogP contribution in [-0.2, 0) is 11.3 Å². The SMILES string of the molecule is Cc1cc(C)n(CC2CN(c3nn4cc(-c5ccc(Cl)cc5)nc4s3)CCO2)n1. The summed E-state index contributed by atoms with van der Waals surface area (Å²) in [6.07, 6.45) is 2.05. The summed E-state index contributed by atoms with van der Waals surface area (Å²) in [6.45, 7) is 7.14. The molecule has 0 N–H and O–H groups in total. The summed E-state index contributed by atoms with van der Waals surface area (Å²) in [7, 11) is 0. The molecule has 1 saturated heterocycles. The lowest BCUT2D eigenvalue weighted by Crippen LogP contribution is -2.44. The minimum Gasteiger partial charge on any atom is -0.373 e. The second-order valence-electron chi connectivity index (χ2n) is 7.29. The predicted octanol–water partition coefficient (Wildman–Crippen LogP) is 3.83. The highest BCUT2D eigenvalue weighted by Crippen LogP contribution is 2.28. The highest BCUT2D eigenvalue weighted by molar-refractivity contribution is 7.20. The number of halogens is 1. The number of aryl methyl sites for hydroxylation is 2. The quantitative estimate of drug-likeness (QED) is 0.494. The number of fused-ring (bicyclic) bond motifs is 1. The first kappa shape index (κ1) is 18.6. The summed E-state index contributed by atoms with van der Waals surface area (Å²) in [5, 5.41) is 11.0. The van der Waals surface area contributed by atoms with E-state index >= 15 is 0 Å². The van der Waals surface area contributed by atoms with Crippen molar-refractivity contribution in [2.45, 2.75) is 26.5 Å². The largest absolute Gasteiger partial charge is 0.373 e. The van der Waals surface area contributed by atoms with Crippen LogP contribution in [-0.4, -0.2) is 50.2 Å². The Balaban J connectivity index is 1.32. The highest BCUT2D eigenvalue weighted by atomic mass is 35.5. The average Bonchev–Trinajstić information content (AvgIpc) is 3.36. The van der Waals surface area contributed by atoms with E-state index in [1.807, 2.05) is 46.6 Å². The lowest BCUT2D eigenvalue weighted by molar-refractivity contribution is 0.0269. The lowest BCUT2D eigenvalue weighted by Gasteiger charge is -2.32. The third-order valence-electron chi connectivity index (χ3n) is 5.06. The van der Waals surface area contributed by atoms with Gasteiger partial charge in [0.1, 0.15) is 0 Å². The van der Waals surface area contributed by atoms with Gasteiger partial charge in [0.25, 0.3) is 0 Å². The van der Waals surface area contributed by atoms with Crippen molar-refractivity contribution in [1.82, 2.24) is 24.4 Å². The molecule has 1 fully saturated rings. The topological polar surface area (TPSA) is 60.5 Å². The molecule has 0 aliphatic carbocycles. The molecule has 4 heterocycles. The number of aromatic nitrogens is 5. The van der Waals surface area contributed by atoms with E-state index in [9.17, 15) is 0 Å². The number of anilines is 1. The molecule has 5 rings (SSSR count). The Kier molecular flexibility index (Phi) is 4.77. The number of benzene rings is 1. The van der Waals surface area contributed by atoms with Crippen molar-refractivity contribution < 1.29 is 4.74 Å². The van der Waals surface area contributed by atoms with Gasteiger partial charge in [0.05, 0.1) is 36.8 Å². The maximum atomic E-state index is 5.98. The standard InChI is InChI=1S/C20H21ClN6OS/c1-13-9-14(2)26(23-13)11-17-10-25(7-8-28-17)20-24-27-12-18(22-19(27)29-20)15-3-5-16(21)6-4-15/h3-6,9,12,17H,7-8,10-11H2,1-2H3. The van der Waals surface area contributed by atoms with Crippen molar-refractivity contribution in [2.75, 3.05) is 24.6 Å². The van der Waals surface area contributed by atoms with Gasteiger partial charge < -0.3 is 9.64 Å². The number of rotatable bonds is 4. The zero-order chi connectivity index (χ0) is 20.0. The molecular formula is C20H21ClN6OS. The summed E-state index contributed by atoms with van der Waals surface area (Å²) in [6, 6.07) is 9.79. The van der Waals surface area contributed by atoms with Crippen LogP contribution in [0.1, 0.15) is 11.4 Å². The van der Waals surface area contributed by atoms with Crippen LogP contribution < -0.4 is 4.90 Å². The second kappa shape index (κ2) is 7.44. The van der Waals surface area contributed by atoms with Gasteiger partial charge in [-0.1, -0.05) is 35.1 Å². The fraction of sp³-hybridized carbons (Fsp3) is 0.350. The third-order valence-corrected chi connectivity index (χ3v) is 6.30. The molecule has 1 aliphatic rings. The molecule has 0 saturated carbocycles. The molecule has 0 radical (unpaired) electrons. The molecule has 4 aromatic rings. The van der Waals surface area contributed by atoms with Crippen LogP contribution in [0, 0.1) is 13.8 Å². The Hall–Kier alpha value is -2.42. The van der Waals surface area contributed by atoms with E-state index in [1.165, 1.54) is 0 Å². The van der Waals surface area contributed by atoms with Crippen molar-refractivity contribution in [3.8, 4) is 11.3 Å². The minimum absolute atomic E-state index is 0.0857. The summed E-state index contributed by atoms with van der Waals surface area (Å²) < 4.78 is 9.86. The van der Waals surface area contributed by atoms with Gasteiger partial charge in [0.15, 0.2) is 0 Å². The summed E-state index contributed by atoms with van der Waals surface area (Å²) >= 11 is 7.58. The van der Waals surface area contributed by atoms with Crippen molar-refractivity contribution in [2.24, 2.45) is 0 Å². The number of ether oxygens (including phenoxy) is 1. The first-order valence-corrected chi connectivity index (χ1v) is 10.7. The van der Waals surface area contributed by atoms with Gasteiger partial charge in [-0.2, -0.15) is 5.10 Å². The minimum atomic E-state index is 0.0857. The monoisotopic (exact) mass is 428 g/mol. The van der Waals surface area contributed by atoms with Gasteiger partial charge in [-0.3, -0.25) is 4.68 Å². The number of nitrogens with zero attached hydrogens (tertiary/aromatic N) is 6. The van der Waals surface area contributed by atoms with E-state index in [0.717, 1.165) is 57.4 Å². The van der Waals surface area contributed by atoms with Gasteiger partial charge in [0, 0.05) is 29.4 Å². The van der Waals surface area contributed by atoms with Crippen molar-refractivity contribution in [3.63, 3.8) is 0 Å². The van der Waals surface area contributed by atoms with Crippen LogP contribution in [0.15, 0.2) is 36.5 Å². The normalized spacial score (nSPS) is 17.3. The van der Waals surface area contributed by atoms with Crippen molar-refractivity contribution in [1.29, 1.82) is 0 Å². The lowest BCUT2D eigenvalue weighted by atomic mass is 10.2. The number of morpholine rings is 1. The average molecular weight is 429 g/mol. The molecule has 1 unspecified atom stereocenters. The van der Waals surface area contributed by atoms with E-state index in [4.69, 9.17) is 26.4 Å². The molecule has 1 aliphatic heterocycles. The fourth-order valence-corrected chi connectivity index (χ4v) is 4.68. The maximum absolute atomic E-state index is 5.98. The smallest absolute Gasteiger partial charge is 0.214 e. The Morgan fingerprint density at radius 2 is 2.03 bits per heavy atom. The first-order valence-electron chi connectivity index (χ1n) is 9.55. The second-order valence-corrected chi connectivity index (χ2v) is 8.66. The fourth-order valence-electron chi connectivity index (χ4n) is 3.63. The van der Waals surface area contributed by atoms with E-state index < -0.39 is 0 Å². The van der Waals surface area contributed by atoms with E-state index in [0.29, 0.717) is 6.61 Å². The number of hydrogen-bond donors (Lipinski definition) is 0. The van der Waals surface area contributed by atoms with E-state index in [2.05, 4.69) is 23.0 Å². The van der Waals surface area contributed by atoms with Gasteiger partial charge in [-0.15, -0.1) is 5.10 Å². The van der Waals surface area contributed by atoms with E-state index in [-0.39, 0.29) is 6.10 Å². The molecule has 9 heteroatoms. The molecule has 0 bridgehead atoms.